The standard InChI is InChI=1S/C18H27NO/c20-17-7-11-18(12-8-17)9-5-15(6-10-18)3-4-16-2-1-13-19-14-16/h1-2,13-15,17,20H,3-12H2. The van der Waals surface area contributed by atoms with Crippen molar-refractivity contribution in [3.8, 4) is 0 Å². The first kappa shape index (κ1) is 14.1. The normalized spacial score (nSPS) is 34.2. The molecule has 0 atom stereocenters. The number of hydrogen-bond acceptors (Lipinski definition) is 2. The van der Waals surface area contributed by atoms with E-state index in [1.807, 2.05) is 18.5 Å². The van der Waals surface area contributed by atoms with Gasteiger partial charge in [-0.25, -0.2) is 0 Å². The quantitative estimate of drug-likeness (QED) is 0.898. The van der Waals surface area contributed by atoms with Crippen molar-refractivity contribution in [3.63, 3.8) is 0 Å². The van der Waals surface area contributed by atoms with Crippen molar-refractivity contribution >= 4 is 0 Å². The maximum Gasteiger partial charge on any atom is 0.0540 e. The number of rotatable bonds is 3. The summed E-state index contributed by atoms with van der Waals surface area (Å²) >= 11 is 0. The lowest BCUT2D eigenvalue weighted by Gasteiger charge is -2.44. The summed E-state index contributed by atoms with van der Waals surface area (Å²) < 4.78 is 0. The highest BCUT2D eigenvalue weighted by Gasteiger charge is 2.37. The van der Waals surface area contributed by atoms with Gasteiger partial charge in [0.15, 0.2) is 0 Å². The van der Waals surface area contributed by atoms with Gasteiger partial charge in [-0.3, -0.25) is 4.98 Å². The van der Waals surface area contributed by atoms with Crippen LogP contribution in [0.5, 0.6) is 0 Å². The maximum atomic E-state index is 9.68. The Morgan fingerprint density at radius 1 is 1.10 bits per heavy atom. The van der Waals surface area contributed by atoms with E-state index in [9.17, 15) is 5.11 Å². The predicted octanol–water partition coefficient (Wildman–Crippen LogP) is 4.13. The van der Waals surface area contributed by atoms with E-state index in [-0.39, 0.29) is 6.10 Å². The van der Waals surface area contributed by atoms with E-state index in [0.717, 1.165) is 18.8 Å². The summed E-state index contributed by atoms with van der Waals surface area (Å²) in [5.41, 5.74) is 1.98. The largest absolute Gasteiger partial charge is 0.393 e. The molecule has 0 aliphatic heterocycles. The molecule has 1 N–H and O–H groups in total. The molecule has 0 unspecified atom stereocenters. The van der Waals surface area contributed by atoms with Crippen LogP contribution in [0.15, 0.2) is 24.5 Å². The Kier molecular flexibility index (Phi) is 4.40. The Morgan fingerprint density at radius 3 is 2.45 bits per heavy atom. The molecule has 0 amide bonds. The van der Waals surface area contributed by atoms with Gasteiger partial charge in [0.1, 0.15) is 0 Å². The molecule has 1 spiro atoms. The van der Waals surface area contributed by atoms with Gasteiger partial charge in [-0.1, -0.05) is 6.07 Å². The van der Waals surface area contributed by atoms with Crippen LogP contribution in [0.3, 0.4) is 0 Å². The monoisotopic (exact) mass is 273 g/mol. The third kappa shape index (κ3) is 3.41. The summed E-state index contributed by atoms with van der Waals surface area (Å²) in [6.45, 7) is 0. The fourth-order valence-corrected chi connectivity index (χ4v) is 4.21. The molecular formula is C18H27NO. The van der Waals surface area contributed by atoms with E-state index >= 15 is 0 Å². The predicted molar refractivity (Wildman–Crippen MR) is 81.4 cm³/mol. The second-order valence-corrected chi connectivity index (χ2v) is 7.07. The molecule has 3 rings (SSSR count). The van der Waals surface area contributed by atoms with Crippen LogP contribution in [0.1, 0.15) is 63.4 Å². The summed E-state index contributed by atoms with van der Waals surface area (Å²) in [6, 6.07) is 4.23. The lowest BCUT2D eigenvalue weighted by Crippen LogP contribution is -2.33. The van der Waals surface area contributed by atoms with Crippen molar-refractivity contribution in [3.05, 3.63) is 30.1 Å². The number of nitrogens with zero attached hydrogens (tertiary/aromatic N) is 1. The summed E-state index contributed by atoms with van der Waals surface area (Å²) in [5, 5.41) is 9.68. The van der Waals surface area contributed by atoms with Gasteiger partial charge >= 0.3 is 0 Å². The molecule has 2 fully saturated rings. The Bertz CT molecular complexity index is 399. The first-order valence-electron chi connectivity index (χ1n) is 8.33. The van der Waals surface area contributed by atoms with Crippen LogP contribution in [-0.2, 0) is 6.42 Å². The second-order valence-electron chi connectivity index (χ2n) is 7.07. The van der Waals surface area contributed by atoms with Gasteiger partial charge in [0.2, 0.25) is 0 Å². The Morgan fingerprint density at radius 2 is 1.80 bits per heavy atom. The molecule has 0 saturated heterocycles. The molecule has 2 aliphatic rings. The highest BCUT2D eigenvalue weighted by atomic mass is 16.3. The molecule has 2 saturated carbocycles. The molecule has 1 aromatic rings. The van der Waals surface area contributed by atoms with Crippen molar-refractivity contribution in [2.75, 3.05) is 0 Å². The van der Waals surface area contributed by atoms with Crippen molar-refractivity contribution in [1.82, 2.24) is 4.98 Å². The number of aliphatic hydroxyl groups excluding tert-OH is 1. The third-order valence-electron chi connectivity index (χ3n) is 5.75. The van der Waals surface area contributed by atoms with Gasteiger partial charge in [-0.05, 0) is 87.2 Å². The van der Waals surface area contributed by atoms with Crippen LogP contribution in [0.2, 0.25) is 0 Å². The average molecular weight is 273 g/mol. The molecule has 1 aromatic heterocycles. The molecule has 0 aromatic carbocycles. The fraction of sp³-hybridized carbons (Fsp3) is 0.722. The first-order valence-corrected chi connectivity index (χ1v) is 8.33. The minimum Gasteiger partial charge on any atom is -0.393 e. The summed E-state index contributed by atoms with van der Waals surface area (Å²) in [6.07, 6.45) is 16.6. The lowest BCUT2D eigenvalue weighted by atomic mass is 9.62. The van der Waals surface area contributed by atoms with E-state index in [0.29, 0.717) is 5.41 Å². The van der Waals surface area contributed by atoms with E-state index < -0.39 is 0 Å². The average Bonchev–Trinajstić information content (AvgIpc) is 2.51. The smallest absolute Gasteiger partial charge is 0.0540 e. The number of hydrogen-bond donors (Lipinski definition) is 1. The first-order chi connectivity index (χ1) is 9.76. The minimum atomic E-state index is -0.0103. The summed E-state index contributed by atoms with van der Waals surface area (Å²) in [4.78, 5) is 4.20. The van der Waals surface area contributed by atoms with Crippen molar-refractivity contribution < 1.29 is 5.11 Å². The van der Waals surface area contributed by atoms with Gasteiger partial charge in [0.05, 0.1) is 6.10 Å². The fourth-order valence-electron chi connectivity index (χ4n) is 4.21. The van der Waals surface area contributed by atoms with Crippen molar-refractivity contribution in [2.45, 2.75) is 70.3 Å². The number of aromatic nitrogens is 1. The van der Waals surface area contributed by atoms with Gasteiger partial charge < -0.3 is 5.11 Å². The molecular weight excluding hydrogens is 246 g/mol. The van der Waals surface area contributed by atoms with Crippen LogP contribution in [0.25, 0.3) is 0 Å². The molecule has 2 heteroatoms. The van der Waals surface area contributed by atoms with Crippen molar-refractivity contribution in [1.29, 1.82) is 0 Å². The second kappa shape index (κ2) is 6.26. The molecule has 2 nitrogen and oxygen atoms in total. The minimum absolute atomic E-state index is 0.0103. The maximum absolute atomic E-state index is 9.68. The topological polar surface area (TPSA) is 33.1 Å². The van der Waals surface area contributed by atoms with Gasteiger partial charge in [-0.15, -0.1) is 0 Å². The van der Waals surface area contributed by atoms with Gasteiger partial charge in [0.25, 0.3) is 0 Å². The molecule has 110 valence electrons. The van der Waals surface area contributed by atoms with Crippen LogP contribution < -0.4 is 0 Å². The number of pyridine rings is 1. The van der Waals surface area contributed by atoms with E-state index in [1.54, 1.807) is 0 Å². The Hall–Kier alpha value is -0.890. The molecule has 0 bridgehead atoms. The number of aliphatic hydroxyl groups is 1. The molecule has 0 radical (unpaired) electrons. The highest BCUT2D eigenvalue weighted by molar-refractivity contribution is 5.08. The van der Waals surface area contributed by atoms with Crippen LogP contribution >= 0.6 is 0 Å². The Balaban J connectivity index is 1.44. The van der Waals surface area contributed by atoms with Gasteiger partial charge in [-0.2, -0.15) is 0 Å². The Labute approximate surface area is 122 Å². The van der Waals surface area contributed by atoms with Crippen LogP contribution in [0, 0.1) is 11.3 Å². The zero-order valence-corrected chi connectivity index (χ0v) is 12.4. The van der Waals surface area contributed by atoms with E-state index in [4.69, 9.17) is 0 Å². The summed E-state index contributed by atoms with van der Waals surface area (Å²) in [7, 11) is 0. The number of aryl methyl sites for hydroxylation is 1. The zero-order valence-electron chi connectivity index (χ0n) is 12.4. The third-order valence-corrected chi connectivity index (χ3v) is 5.75. The molecule has 1 heterocycles. The highest BCUT2D eigenvalue weighted by Crippen LogP contribution is 2.49. The molecule has 20 heavy (non-hydrogen) atoms. The molecule has 2 aliphatic carbocycles. The summed E-state index contributed by atoms with van der Waals surface area (Å²) in [5.74, 6) is 0.910. The van der Waals surface area contributed by atoms with Gasteiger partial charge in [0, 0.05) is 12.4 Å². The van der Waals surface area contributed by atoms with E-state index in [1.165, 1.54) is 56.9 Å². The van der Waals surface area contributed by atoms with Crippen LogP contribution in [0.4, 0.5) is 0 Å². The lowest BCUT2D eigenvalue weighted by molar-refractivity contribution is 0.0283. The van der Waals surface area contributed by atoms with E-state index in [2.05, 4.69) is 11.1 Å². The SMILES string of the molecule is OC1CCC2(CC1)CCC(CCc1cccnc1)CC2. The zero-order chi connectivity index (χ0) is 13.8. The van der Waals surface area contributed by atoms with Crippen LogP contribution in [-0.4, -0.2) is 16.2 Å². The van der Waals surface area contributed by atoms with Crippen molar-refractivity contribution in [2.24, 2.45) is 11.3 Å².